The van der Waals surface area contributed by atoms with E-state index >= 15 is 0 Å². The average Bonchev–Trinajstić information content (AvgIpc) is 3.19. The van der Waals surface area contributed by atoms with Gasteiger partial charge < -0.3 is 15.0 Å². The minimum absolute atomic E-state index is 0.0368. The van der Waals surface area contributed by atoms with E-state index in [2.05, 4.69) is 41.1 Å². The van der Waals surface area contributed by atoms with Crippen LogP contribution in [0.1, 0.15) is 17.5 Å². The number of anilines is 1. The number of nitrogens with one attached hydrogen (secondary N) is 1. The molecule has 3 aromatic rings. The highest BCUT2D eigenvalue weighted by Gasteiger charge is 2.20. The van der Waals surface area contributed by atoms with Crippen LogP contribution in [0, 0.1) is 13.8 Å². The summed E-state index contributed by atoms with van der Waals surface area (Å²) in [5, 5.41) is 4.12. The van der Waals surface area contributed by atoms with Crippen LogP contribution in [0.15, 0.2) is 42.5 Å². The van der Waals surface area contributed by atoms with Gasteiger partial charge in [0.05, 0.1) is 23.2 Å². The largest absolute Gasteiger partial charge is 0.493 e. The van der Waals surface area contributed by atoms with Gasteiger partial charge in [0.1, 0.15) is 5.75 Å². The third-order valence-electron chi connectivity index (χ3n) is 5.55. The Morgan fingerprint density at radius 1 is 1.13 bits per heavy atom. The molecule has 1 N–H and O–H groups in total. The maximum atomic E-state index is 12.0. The molecule has 1 aliphatic heterocycles. The van der Waals surface area contributed by atoms with Gasteiger partial charge in [-0.25, -0.2) is 4.98 Å². The first-order valence-electron chi connectivity index (χ1n) is 10.9. The van der Waals surface area contributed by atoms with Gasteiger partial charge in [0, 0.05) is 39.3 Å². The molecule has 2 aromatic carbocycles. The van der Waals surface area contributed by atoms with Crippen molar-refractivity contribution < 1.29 is 9.53 Å². The normalized spacial score (nSPS) is 14.7. The van der Waals surface area contributed by atoms with Crippen molar-refractivity contribution in [1.29, 1.82) is 0 Å². The predicted octanol–water partition coefficient (Wildman–Crippen LogP) is 3.62. The Morgan fingerprint density at radius 3 is 2.68 bits per heavy atom. The second kappa shape index (κ2) is 10.1. The first-order chi connectivity index (χ1) is 15.1. The number of hydrogen-bond donors (Lipinski definition) is 1. The van der Waals surface area contributed by atoms with Crippen LogP contribution in [0.4, 0.5) is 5.13 Å². The second-order valence-corrected chi connectivity index (χ2v) is 9.02. The van der Waals surface area contributed by atoms with E-state index in [9.17, 15) is 4.79 Å². The quantitative estimate of drug-likeness (QED) is 0.582. The predicted molar refractivity (Wildman–Crippen MR) is 127 cm³/mol. The monoisotopic (exact) mass is 438 g/mol. The number of fused-ring (bicyclic) bond motifs is 1. The summed E-state index contributed by atoms with van der Waals surface area (Å²) < 4.78 is 6.85. The van der Waals surface area contributed by atoms with Crippen molar-refractivity contribution in [3.8, 4) is 5.75 Å². The van der Waals surface area contributed by atoms with Gasteiger partial charge in [-0.15, -0.1) is 0 Å². The summed E-state index contributed by atoms with van der Waals surface area (Å²) in [5.41, 5.74) is 3.67. The first-order valence-corrected chi connectivity index (χ1v) is 11.7. The molecule has 6 nitrogen and oxygen atoms in total. The molecule has 31 heavy (non-hydrogen) atoms. The Morgan fingerprint density at radius 2 is 1.90 bits per heavy atom. The molecule has 0 atom stereocenters. The Hall–Kier alpha value is -2.64. The van der Waals surface area contributed by atoms with E-state index in [1.807, 2.05) is 30.3 Å². The summed E-state index contributed by atoms with van der Waals surface area (Å²) in [4.78, 5) is 21.7. The number of aromatic nitrogens is 1. The third kappa shape index (κ3) is 5.74. The number of hydrogen-bond acceptors (Lipinski definition) is 6. The van der Waals surface area contributed by atoms with Gasteiger partial charge >= 0.3 is 0 Å². The van der Waals surface area contributed by atoms with Gasteiger partial charge in [-0.3, -0.25) is 9.69 Å². The van der Waals surface area contributed by atoms with Gasteiger partial charge in [0.2, 0.25) is 5.91 Å². The number of carbonyl (C=O) groups excluding carboxylic acids is 1. The van der Waals surface area contributed by atoms with Crippen molar-refractivity contribution in [3.63, 3.8) is 0 Å². The number of carbonyl (C=O) groups is 1. The van der Waals surface area contributed by atoms with Crippen molar-refractivity contribution in [2.75, 3.05) is 50.8 Å². The molecule has 0 aliphatic carbocycles. The lowest BCUT2D eigenvalue weighted by Crippen LogP contribution is -2.48. The first kappa shape index (κ1) is 21.6. The molecule has 164 valence electrons. The number of rotatable bonds is 8. The van der Waals surface area contributed by atoms with E-state index in [1.54, 1.807) is 11.3 Å². The van der Waals surface area contributed by atoms with Gasteiger partial charge in [-0.2, -0.15) is 0 Å². The number of benzene rings is 2. The summed E-state index contributed by atoms with van der Waals surface area (Å²) in [6.07, 6.45) is 0.374. The van der Waals surface area contributed by atoms with Crippen LogP contribution < -0.4 is 15.0 Å². The van der Waals surface area contributed by atoms with E-state index in [-0.39, 0.29) is 5.91 Å². The van der Waals surface area contributed by atoms with E-state index in [0.717, 1.165) is 49.1 Å². The average molecular weight is 439 g/mol. The van der Waals surface area contributed by atoms with Crippen LogP contribution >= 0.6 is 11.3 Å². The van der Waals surface area contributed by atoms with E-state index in [4.69, 9.17) is 9.72 Å². The fourth-order valence-electron chi connectivity index (χ4n) is 3.88. The van der Waals surface area contributed by atoms with Crippen LogP contribution in [0.2, 0.25) is 0 Å². The molecule has 1 saturated heterocycles. The Bertz CT molecular complexity index is 1010. The zero-order valence-electron chi connectivity index (χ0n) is 18.3. The van der Waals surface area contributed by atoms with Crippen molar-refractivity contribution in [2.45, 2.75) is 20.3 Å². The molecule has 1 amide bonds. The SMILES string of the molecule is Cc1cc(C)c2nc(N3CCN(CCNC(=O)CCOc4ccccc4)CC3)sc2c1. The maximum absolute atomic E-state index is 12.0. The van der Waals surface area contributed by atoms with Gasteiger partial charge in [-0.05, 0) is 43.2 Å². The van der Waals surface area contributed by atoms with Crippen LogP contribution in [0.5, 0.6) is 5.75 Å². The smallest absolute Gasteiger partial charge is 0.223 e. The molecular weight excluding hydrogens is 408 g/mol. The summed E-state index contributed by atoms with van der Waals surface area (Å²) in [6, 6.07) is 14.0. The molecular formula is C24H30N4O2S. The molecule has 4 rings (SSSR count). The summed E-state index contributed by atoms with van der Waals surface area (Å²) in [6.45, 7) is 10.1. The molecule has 0 bridgehead atoms. The fourth-order valence-corrected chi connectivity index (χ4v) is 5.07. The summed E-state index contributed by atoms with van der Waals surface area (Å²) in [7, 11) is 0. The highest BCUT2D eigenvalue weighted by atomic mass is 32.1. The van der Waals surface area contributed by atoms with Crippen molar-refractivity contribution in [2.24, 2.45) is 0 Å². The van der Waals surface area contributed by atoms with E-state index < -0.39 is 0 Å². The lowest BCUT2D eigenvalue weighted by molar-refractivity contribution is -0.121. The van der Waals surface area contributed by atoms with Crippen LogP contribution in [-0.4, -0.2) is 61.7 Å². The van der Waals surface area contributed by atoms with Crippen LogP contribution in [0.3, 0.4) is 0 Å². The maximum Gasteiger partial charge on any atom is 0.223 e. The number of para-hydroxylation sites is 1. The van der Waals surface area contributed by atoms with Crippen molar-refractivity contribution in [3.05, 3.63) is 53.6 Å². The molecule has 1 fully saturated rings. The number of aryl methyl sites for hydroxylation is 2. The third-order valence-corrected chi connectivity index (χ3v) is 6.62. The summed E-state index contributed by atoms with van der Waals surface area (Å²) in [5.74, 6) is 0.835. The van der Waals surface area contributed by atoms with Crippen LogP contribution in [-0.2, 0) is 4.79 Å². The van der Waals surface area contributed by atoms with Gasteiger partial charge in [0.25, 0.3) is 0 Å². The fraction of sp³-hybridized carbons (Fsp3) is 0.417. The van der Waals surface area contributed by atoms with Crippen LogP contribution in [0.25, 0.3) is 10.2 Å². The molecule has 0 unspecified atom stereocenters. The molecule has 1 aromatic heterocycles. The number of amides is 1. The highest BCUT2D eigenvalue weighted by molar-refractivity contribution is 7.22. The Kier molecular flexibility index (Phi) is 7.04. The second-order valence-electron chi connectivity index (χ2n) is 8.02. The summed E-state index contributed by atoms with van der Waals surface area (Å²) >= 11 is 1.79. The minimum atomic E-state index is 0.0368. The standard InChI is InChI=1S/C24H30N4O2S/c1-18-16-19(2)23-21(17-18)31-24(26-23)28-13-11-27(12-14-28)10-9-25-22(29)8-15-30-20-6-4-3-5-7-20/h3-7,16-17H,8-15H2,1-2H3,(H,25,29). The van der Waals surface area contributed by atoms with Gasteiger partial charge in [-0.1, -0.05) is 35.6 Å². The molecule has 0 spiro atoms. The number of piperazine rings is 1. The molecule has 1 aliphatic rings. The van der Waals surface area contributed by atoms with E-state index in [0.29, 0.717) is 19.6 Å². The van der Waals surface area contributed by atoms with Crippen molar-refractivity contribution in [1.82, 2.24) is 15.2 Å². The molecule has 2 heterocycles. The Balaban J connectivity index is 1.16. The highest BCUT2D eigenvalue weighted by Crippen LogP contribution is 2.32. The Labute approximate surface area is 187 Å². The molecule has 0 radical (unpaired) electrons. The minimum Gasteiger partial charge on any atom is -0.493 e. The lowest BCUT2D eigenvalue weighted by atomic mass is 10.1. The van der Waals surface area contributed by atoms with Crippen molar-refractivity contribution >= 4 is 32.6 Å². The molecule has 7 heteroatoms. The zero-order valence-corrected chi connectivity index (χ0v) is 19.1. The number of nitrogens with zero attached hydrogens (tertiary/aromatic N) is 3. The number of ether oxygens (including phenoxy) is 1. The topological polar surface area (TPSA) is 57.7 Å². The molecule has 0 saturated carbocycles. The lowest BCUT2D eigenvalue weighted by Gasteiger charge is -2.34. The van der Waals surface area contributed by atoms with Gasteiger partial charge in [0.15, 0.2) is 5.13 Å². The zero-order chi connectivity index (χ0) is 21.6. The van der Waals surface area contributed by atoms with E-state index in [1.165, 1.54) is 15.8 Å². The number of thiazole rings is 1.